The minimum absolute atomic E-state index is 0.144. The van der Waals surface area contributed by atoms with Crippen LogP contribution < -0.4 is 0 Å². The zero-order chi connectivity index (χ0) is 19.5. The standard InChI is InChI=1S/C22H22FNO4/c23-21-7-6-16(11-25)8-20(21)17-9-18-13-27-14-19(10-17)24(18)22(26)28-12-15-4-2-1-3-5-15/h1-9,18-19,25H,10-14H2. The quantitative estimate of drug-likeness (QED) is 0.878. The molecule has 2 aliphatic heterocycles. The lowest BCUT2D eigenvalue weighted by atomic mass is 9.89. The molecule has 4 rings (SSSR count). The normalized spacial score (nSPS) is 21.2. The fourth-order valence-electron chi connectivity index (χ4n) is 3.79. The Morgan fingerprint density at radius 3 is 2.75 bits per heavy atom. The Kier molecular flexibility index (Phi) is 5.41. The van der Waals surface area contributed by atoms with Crippen molar-refractivity contribution in [3.63, 3.8) is 0 Å². The van der Waals surface area contributed by atoms with E-state index in [0.29, 0.717) is 30.8 Å². The number of rotatable bonds is 4. The summed E-state index contributed by atoms with van der Waals surface area (Å²) in [4.78, 5) is 14.4. The number of benzene rings is 2. The molecule has 0 radical (unpaired) electrons. The number of amides is 1. The number of morpholine rings is 1. The van der Waals surface area contributed by atoms with Crippen LogP contribution in [0.3, 0.4) is 0 Å². The Morgan fingerprint density at radius 2 is 2.00 bits per heavy atom. The third kappa shape index (κ3) is 3.79. The molecule has 28 heavy (non-hydrogen) atoms. The van der Waals surface area contributed by atoms with Crippen LogP contribution in [-0.2, 0) is 22.7 Å². The molecule has 146 valence electrons. The van der Waals surface area contributed by atoms with Crippen LogP contribution in [0.4, 0.5) is 9.18 Å². The van der Waals surface area contributed by atoms with Gasteiger partial charge < -0.3 is 14.6 Å². The van der Waals surface area contributed by atoms with Gasteiger partial charge in [0, 0.05) is 5.56 Å². The predicted molar refractivity (Wildman–Crippen MR) is 102 cm³/mol. The number of hydrogen-bond donors (Lipinski definition) is 1. The molecule has 2 unspecified atom stereocenters. The second-order valence-corrected chi connectivity index (χ2v) is 7.07. The van der Waals surface area contributed by atoms with Crippen LogP contribution in [-0.4, -0.2) is 41.4 Å². The van der Waals surface area contributed by atoms with Crippen molar-refractivity contribution < 1.29 is 23.8 Å². The predicted octanol–water partition coefficient (Wildman–Crippen LogP) is 3.51. The number of nitrogens with zero attached hydrogens (tertiary/aromatic N) is 1. The first kappa shape index (κ1) is 18.7. The summed E-state index contributed by atoms with van der Waals surface area (Å²) in [6, 6.07) is 13.6. The first-order valence-corrected chi connectivity index (χ1v) is 9.33. The van der Waals surface area contributed by atoms with E-state index in [2.05, 4.69) is 0 Å². The number of carbonyl (C=O) groups excluding carboxylic acids is 1. The highest BCUT2D eigenvalue weighted by atomic mass is 19.1. The molecule has 2 aromatic rings. The molecule has 1 amide bonds. The van der Waals surface area contributed by atoms with Gasteiger partial charge >= 0.3 is 6.09 Å². The summed E-state index contributed by atoms with van der Waals surface area (Å²) in [7, 11) is 0. The second kappa shape index (κ2) is 8.12. The van der Waals surface area contributed by atoms with Crippen molar-refractivity contribution in [1.29, 1.82) is 0 Å². The molecule has 6 heteroatoms. The van der Waals surface area contributed by atoms with E-state index in [1.54, 1.807) is 17.0 Å². The molecule has 1 fully saturated rings. The van der Waals surface area contributed by atoms with Crippen LogP contribution in [0.1, 0.15) is 23.1 Å². The van der Waals surface area contributed by atoms with Crippen molar-refractivity contribution in [2.75, 3.05) is 13.2 Å². The molecular formula is C22H22FNO4. The van der Waals surface area contributed by atoms with Gasteiger partial charge in [0.05, 0.1) is 31.9 Å². The van der Waals surface area contributed by atoms with Crippen molar-refractivity contribution in [2.45, 2.75) is 31.7 Å². The molecule has 2 atom stereocenters. The molecule has 2 aliphatic rings. The highest BCUT2D eigenvalue weighted by Gasteiger charge is 2.39. The molecular weight excluding hydrogens is 361 g/mol. The Hall–Kier alpha value is -2.70. The van der Waals surface area contributed by atoms with Crippen molar-refractivity contribution in [1.82, 2.24) is 4.90 Å². The van der Waals surface area contributed by atoms with E-state index >= 15 is 0 Å². The van der Waals surface area contributed by atoms with E-state index < -0.39 is 0 Å². The first-order chi connectivity index (χ1) is 13.7. The van der Waals surface area contributed by atoms with Gasteiger partial charge in [0.1, 0.15) is 12.4 Å². The van der Waals surface area contributed by atoms with E-state index in [9.17, 15) is 14.3 Å². The largest absolute Gasteiger partial charge is 0.445 e. The fraction of sp³-hybridized carbons (Fsp3) is 0.318. The molecule has 0 spiro atoms. The number of hydrogen-bond acceptors (Lipinski definition) is 4. The molecule has 0 aromatic heterocycles. The van der Waals surface area contributed by atoms with Gasteiger partial charge in [0.15, 0.2) is 0 Å². The van der Waals surface area contributed by atoms with Crippen molar-refractivity contribution in [3.05, 3.63) is 77.1 Å². The average Bonchev–Trinajstić information content (AvgIpc) is 2.72. The molecule has 1 N–H and O–H groups in total. The lowest BCUT2D eigenvalue weighted by Crippen LogP contribution is -2.56. The SMILES string of the molecule is O=C(OCc1ccccc1)N1C2C=C(c3cc(CO)ccc3F)CC1COC2. The molecule has 1 saturated heterocycles. The molecule has 5 nitrogen and oxygen atoms in total. The number of aliphatic hydroxyl groups excluding tert-OH is 1. The maximum absolute atomic E-state index is 14.4. The third-order valence-corrected chi connectivity index (χ3v) is 5.17. The summed E-state index contributed by atoms with van der Waals surface area (Å²) in [6.45, 7) is 0.798. The van der Waals surface area contributed by atoms with E-state index in [4.69, 9.17) is 9.47 Å². The van der Waals surface area contributed by atoms with Crippen LogP contribution in [0.2, 0.25) is 0 Å². The zero-order valence-electron chi connectivity index (χ0n) is 15.4. The lowest BCUT2D eigenvalue weighted by Gasteiger charge is -2.43. The van der Waals surface area contributed by atoms with E-state index in [0.717, 1.165) is 11.1 Å². The summed E-state index contributed by atoms with van der Waals surface area (Å²) in [5.74, 6) is -0.331. The summed E-state index contributed by atoms with van der Waals surface area (Å²) in [6.07, 6.45) is 1.96. The van der Waals surface area contributed by atoms with Crippen LogP contribution in [0, 0.1) is 5.82 Å². The Morgan fingerprint density at radius 1 is 1.18 bits per heavy atom. The van der Waals surface area contributed by atoms with Crippen LogP contribution in [0.25, 0.3) is 5.57 Å². The van der Waals surface area contributed by atoms with Gasteiger partial charge in [0.25, 0.3) is 0 Å². The van der Waals surface area contributed by atoms with Gasteiger partial charge in [-0.3, -0.25) is 4.90 Å². The maximum atomic E-state index is 14.4. The number of ether oxygens (including phenoxy) is 2. The van der Waals surface area contributed by atoms with Gasteiger partial charge in [-0.15, -0.1) is 0 Å². The smallest absolute Gasteiger partial charge is 0.411 e. The minimum Gasteiger partial charge on any atom is -0.445 e. The summed E-state index contributed by atoms with van der Waals surface area (Å²) >= 11 is 0. The number of carbonyl (C=O) groups is 1. The Labute approximate surface area is 163 Å². The van der Waals surface area contributed by atoms with E-state index in [1.807, 2.05) is 36.4 Å². The van der Waals surface area contributed by atoms with Gasteiger partial charge in [0.2, 0.25) is 0 Å². The molecule has 0 saturated carbocycles. The van der Waals surface area contributed by atoms with E-state index in [-0.39, 0.29) is 37.2 Å². The number of halogens is 1. The summed E-state index contributed by atoms with van der Waals surface area (Å²) < 4.78 is 25.5. The minimum atomic E-state index is -0.387. The monoisotopic (exact) mass is 383 g/mol. The number of aliphatic hydroxyl groups is 1. The van der Waals surface area contributed by atoms with Crippen LogP contribution in [0.5, 0.6) is 0 Å². The van der Waals surface area contributed by atoms with Crippen molar-refractivity contribution in [2.24, 2.45) is 0 Å². The summed E-state index contributed by atoms with van der Waals surface area (Å²) in [5.41, 5.74) is 2.88. The molecule has 2 aromatic carbocycles. The Balaban J connectivity index is 1.53. The molecule has 0 aliphatic carbocycles. The van der Waals surface area contributed by atoms with Crippen LogP contribution >= 0.6 is 0 Å². The topological polar surface area (TPSA) is 59.0 Å². The maximum Gasteiger partial charge on any atom is 0.411 e. The average molecular weight is 383 g/mol. The van der Waals surface area contributed by atoms with Gasteiger partial charge in [-0.1, -0.05) is 42.5 Å². The highest BCUT2D eigenvalue weighted by Crippen LogP contribution is 2.34. The number of fused-ring (bicyclic) bond motifs is 2. The fourth-order valence-corrected chi connectivity index (χ4v) is 3.79. The van der Waals surface area contributed by atoms with Gasteiger partial charge in [-0.2, -0.15) is 0 Å². The van der Waals surface area contributed by atoms with Crippen molar-refractivity contribution >= 4 is 11.7 Å². The molecule has 2 bridgehead atoms. The van der Waals surface area contributed by atoms with E-state index in [1.165, 1.54) is 6.07 Å². The van der Waals surface area contributed by atoms with Gasteiger partial charge in [-0.25, -0.2) is 9.18 Å². The molecule has 2 heterocycles. The second-order valence-electron chi connectivity index (χ2n) is 7.07. The zero-order valence-corrected chi connectivity index (χ0v) is 15.4. The third-order valence-electron chi connectivity index (χ3n) is 5.17. The lowest BCUT2D eigenvalue weighted by molar-refractivity contribution is -0.0342. The Bertz CT molecular complexity index is 883. The van der Waals surface area contributed by atoms with Gasteiger partial charge in [-0.05, 0) is 35.3 Å². The first-order valence-electron chi connectivity index (χ1n) is 9.33. The van der Waals surface area contributed by atoms with Crippen LogP contribution in [0.15, 0.2) is 54.6 Å². The highest BCUT2D eigenvalue weighted by molar-refractivity contribution is 5.75. The summed E-state index contributed by atoms with van der Waals surface area (Å²) in [5, 5.41) is 9.35. The van der Waals surface area contributed by atoms with Crippen molar-refractivity contribution in [3.8, 4) is 0 Å².